The summed E-state index contributed by atoms with van der Waals surface area (Å²) in [4.78, 5) is 25.3. The third-order valence-electron chi connectivity index (χ3n) is 9.44. The Morgan fingerprint density at radius 2 is 1.47 bits per heavy atom. The van der Waals surface area contributed by atoms with Crippen molar-refractivity contribution in [2.75, 3.05) is 44.7 Å². The third-order valence-corrected chi connectivity index (χ3v) is 9.44. The van der Waals surface area contributed by atoms with Crippen LogP contribution in [-0.4, -0.2) is 55.0 Å². The van der Waals surface area contributed by atoms with Crippen LogP contribution in [0.25, 0.3) is 10.9 Å². The smallest absolute Gasteiger partial charge is 0.212 e. The first-order valence-electron chi connectivity index (χ1n) is 16.3. The summed E-state index contributed by atoms with van der Waals surface area (Å²) in [6.07, 6.45) is 2.28. The van der Waals surface area contributed by atoms with Crippen molar-refractivity contribution < 1.29 is 14.0 Å². The van der Waals surface area contributed by atoms with Crippen molar-refractivity contribution in [1.29, 1.82) is 0 Å². The highest BCUT2D eigenvalue weighted by atomic mass is 19.1. The van der Waals surface area contributed by atoms with E-state index >= 15 is 4.39 Å². The highest BCUT2D eigenvalue weighted by Gasteiger charge is 2.40. The van der Waals surface area contributed by atoms with Gasteiger partial charge in [-0.05, 0) is 26.5 Å². The lowest BCUT2D eigenvalue weighted by atomic mass is 9.80. The molecule has 7 rings (SSSR count). The molecule has 0 spiro atoms. The maximum absolute atomic E-state index is 16.0. The van der Waals surface area contributed by atoms with Gasteiger partial charge in [0.25, 0.3) is 0 Å². The summed E-state index contributed by atoms with van der Waals surface area (Å²) >= 11 is 0. The molecule has 0 N–H and O–H groups in total. The molecular weight excluding hydrogens is 591 g/mol. The normalized spacial score (nSPS) is 17.1. The molecule has 240 valence electrons. The predicted molar refractivity (Wildman–Crippen MR) is 185 cm³/mol. The Kier molecular flexibility index (Phi) is 8.28. The van der Waals surface area contributed by atoms with E-state index in [1.165, 1.54) is 6.07 Å². The average Bonchev–Trinajstić information content (AvgIpc) is 3.11. The van der Waals surface area contributed by atoms with Gasteiger partial charge in [-0.1, -0.05) is 103 Å². The molecule has 0 amide bonds. The second-order valence-electron chi connectivity index (χ2n) is 12.4. The van der Waals surface area contributed by atoms with Gasteiger partial charge in [0.2, 0.25) is 5.60 Å². The number of halogens is 1. The molecule has 0 radical (unpaired) electrons. The molecule has 1 atom stereocenters. The number of pyridine rings is 1. The number of aromatic nitrogens is 1. The summed E-state index contributed by atoms with van der Waals surface area (Å²) in [7, 11) is 2.07. The zero-order valence-electron chi connectivity index (χ0n) is 27.0. The number of benzene rings is 4. The van der Waals surface area contributed by atoms with E-state index in [9.17, 15) is 4.79 Å². The van der Waals surface area contributed by atoms with E-state index in [0.29, 0.717) is 54.3 Å². The number of rotatable bonds is 8. The van der Waals surface area contributed by atoms with E-state index in [0.717, 1.165) is 29.8 Å². The molecule has 0 bridgehead atoms. The fraction of sp³-hybridized carbons (Fsp3) is 0.282. The SMILES string of the molecule is CC/C(=N\OC(c1ccccc1)(c1ccccc1)c1ccccc1)c1cn2c3c(c(N4CCN(C)CC4)c(F)cc3c1=O)OC[C@@H]2C. The Labute approximate surface area is 274 Å². The highest BCUT2D eigenvalue weighted by molar-refractivity contribution is 6.03. The fourth-order valence-electron chi connectivity index (χ4n) is 6.85. The van der Waals surface area contributed by atoms with Crippen LogP contribution in [0.3, 0.4) is 0 Å². The molecule has 1 fully saturated rings. The Morgan fingerprint density at radius 3 is 2.00 bits per heavy atom. The maximum Gasteiger partial charge on any atom is 0.212 e. The van der Waals surface area contributed by atoms with Crippen LogP contribution >= 0.6 is 0 Å². The number of hydrogen-bond acceptors (Lipinski definition) is 6. The minimum Gasteiger partial charge on any atom is -0.487 e. The number of hydrogen-bond donors (Lipinski definition) is 0. The molecule has 3 heterocycles. The van der Waals surface area contributed by atoms with Crippen molar-refractivity contribution in [2.45, 2.75) is 31.9 Å². The van der Waals surface area contributed by atoms with Crippen molar-refractivity contribution in [3.63, 3.8) is 0 Å². The van der Waals surface area contributed by atoms with E-state index < -0.39 is 11.4 Å². The van der Waals surface area contributed by atoms with E-state index in [2.05, 4.69) is 11.9 Å². The summed E-state index contributed by atoms with van der Waals surface area (Å²) in [6, 6.07) is 31.3. The first-order valence-corrected chi connectivity index (χ1v) is 16.3. The monoisotopic (exact) mass is 630 g/mol. The van der Waals surface area contributed by atoms with Gasteiger partial charge in [0.1, 0.15) is 12.3 Å². The molecule has 0 saturated carbocycles. The molecular formula is C39H39FN4O3. The van der Waals surface area contributed by atoms with Crippen molar-refractivity contribution in [3.05, 3.63) is 142 Å². The van der Waals surface area contributed by atoms with Crippen molar-refractivity contribution >= 4 is 22.3 Å². The predicted octanol–water partition coefficient (Wildman–Crippen LogP) is 6.97. The highest BCUT2D eigenvalue weighted by Crippen LogP contribution is 2.43. The molecule has 1 saturated heterocycles. The molecule has 2 aliphatic rings. The summed E-state index contributed by atoms with van der Waals surface area (Å²) in [6.45, 7) is 7.37. The van der Waals surface area contributed by atoms with Gasteiger partial charge < -0.3 is 23.9 Å². The van der Waals surface area contributed by atoms with E-state index in [1.54, 1.807) is 0 Å². The Balaban J connectivity index is 1.40. The lowest BCUT2D eigenvalue weighted by Gasteiger charge is -2.37. The topological polar surface area (TPSA) is 59.3 Å². The zero-order valence-corrected chi connectivity index (χ0v) is 27.0. The number of anilines is 1. The second kappa shape index (κ2) is 12.7. The summed E-state index contributed by atoms with van der Waals surface area (Å²) in [5.74, 6) is -0.0105. The average molecular weight is 631 g/mol. The minimum absolute atomic E-state index is 0.0776. The van der Waals surface area contributed by atoms with Crippen LogP contribution in [-0.2, 0) is 10.4 Å². The molecule has 5 aromatic rings. The standard InChI is InChI=1S/C39H39FN4O3/c1-4-34(41-47-39(28-14-8-5-9-15-28,29-16-10-6-11-17-29)30-18-12-7-13-19-30)32-25-44-27(2)26-46-38-35(44)31(37(32)45)24-33(40)36(38)43-22-20-42(3)21-23-43/h5-19,24-25,27H,4,20-23,26H2,1-3H3/b41-34+/t27-/m0/s1. The maximum atomic E-state index is 16.0. The van der Waals surface area contributed by atoms with E-state index in [4.69, 9.17) is 14.7 Å². The van der Waals surface area contributed by atoms with Gasteiger partial charge in [0.15, 0.2) is 17.0 Å². The molecule has 2 aliphatic heterocycles. The van der Waals surface area contributed by atoms with Gasteiger partial charge in [-0.25, -0.2) is 4.39 Å². The Morgan fingerprint density at radius 1 is 0.915 bits per heavy atom. The fourth-order valence-corrected chi connectivity index (χ4v) is 6.85. The lowest BCUT2D eigenvalue weighted by Crippen LogP contribution is -2.45. The van der Waals surface area contributed by atoms with E-state index in [1.807, 2.05) is 121 Å². The van der Waals surface area contributed by atoms with Crippen LogP contribution in [0.15, 0.2) is 113 Å². The van der Waals surface area contributed by atoms with Gasteiger partial charge in [-0.2, -0.15) is 0 Å². The largest absolute Gasteiger partial charge is 0.487 e. The molecule has 0 aliphatic carbocycles. The first-order chi connectivity index (χ1) is 22.9. The molecule has 7 nitrogen and oxygen atoms in total. The lowest BCUT2D eigenvalue weighted by molar-refractivity contribution is 0.0170. The molecule has 4 aromatic carbocycles. The van der Waals surface area contributed by atoms with Gasteiger partial charge in [-0.3, -0.25) is 4.79 Å². The van der Waals surface area contributed by atoms with Crippen molar-refractivity contribution in [3.8, 4) is 5.75 Å². The van der Waals surface area contributed by atoms with Gasteiger partial charge in [0.05, 0.1) is 28.2 Å². The van der Waals surface area contributed by atoms with Crippen LogP contribution in [0.2, 0.25) is 0 Å². The first kappa shape index (κ1) is 30.7. The van der Waals surface area contributed by atoms with Gasteiger partial charge in [0, 0.05) is 49.1 Å². The number of likely N-dealkylation sites (N-methyl/N-ethyl adjacent to an activating group) is 1. The quantitative estimate of drug-likeness (QED) is 0.105. The Bertz CT molecular complexity index is 1870. The van der Waals surface area contributed by atoms with Gasteiger partial charge >= 0.3 is 0 Å². The van der Waals surface area contributed by atoms with Crippen molar-refractivity contribution in [1.82, 2.24) is 9.47 Å². The molecule has 1 aromatic heterocycles. The molecule has 0 unspecified atom stereocenters. The van der Waals surface area contributed by atoms with Crippen molar-refractivity contribution in [2.24, 2.45) is 5.16 Å². The molecule has 8 heteroatoms. The zero-order chi connectivity index (χ0) is 32.5. The summed E-state index contributed by atoms with van der Waals surface area (Å²) in [5, 5.41) is 5.09. The number of nitrogens with zero attached hydrogens (tertiary/aromatic N) is 4. The number of oxime groups is 1. The number of ether oxygens (including phenoxy) is 1. The second-order valence-corrected chi connectivity index (χ2v) is 12.4. The van der Waals surface area contributed by atoms with Crippen LogP contribution in [0.5, 0.6) is 5.75 Å². The van der Waals surface area contributed by atoms with Gasteiger partial charge in [-0.15, -0.1) is 0 Å². The van der Waals surface area contributed by atoms with Crippen LogP contribution < -0.4 is 15.1 Å². The Hall–Kier alpha value is -4.95. The number of piperazine rings is 1. The summed E-state index contributed by atoms with van der Waals surface area (Å²) in [5.41, 5.74) is 3.23. The minimum atomic E-state index is -1.09. The van der Waals surface area contributed by atoms with Crippen LogP contribution in [0.4, 0.5) is 10.1 Å². The molecule has 47 heavy (non-hydrogen) atoms. The van der Waals surface area contributed by atoms with Crippen LogP contribution in [0.1, 0.15) is 48.6 Å². The summed E-state index contributed by atoms with van der Waals surface area (Å²) < 4.78 is 24.3. The van der Waals surface area contributed by atoms with E-state index in [-0.39, 0.29) is 16.9 Å². The third kappa shape index (κ3) is 5.36. The van der Waals surface area contributed by atoms with Crippen LogP contribution in [0, 0.1) is 5.82 Å².